The van der Waals surface area contributed by atoms with E-state index in [4.69, 9.17) is 12.2 Å². The topological polar surface area (TPSA) is 173 Å². The Labute approximate surface area is 170 Å². The molecule has 0 atom stereocenters. The molecule has 0 saturated heterocycles. The molecule has 0 bridgehead atoms. The molecular weight excluding hydrogens is 418 g/mol. The second-order valence-corrected chi connectivity index (χ2v) is 6.82. The zero-order valence-corrected chi connectivity index (χ0v) is 16.2. The molecule has 0 aliphatic carbocycles. The Morgan fingerprint density at radius 2 is 1.79 bits per heavy atom. The van der Waals surface area contributed by atoms with E-state index in [1.807, 2.05) is 0 Å². The highest BCUT2D eigenvalue weighted by Gasteiger charge is 2.22. The van der Waals surface area contributed by atoms with Crippen LogP contribution in [0.15, 0.2) is 41.7 Å². The molecule has 0 fully saturated rings. The number of imidazole rings is 3. The number of aryl methyl sites for hydroxylation is 1. The first-order valence-corrected chi connectivity index (χ1v) is 9.11. The smallest absolute Gasteiger partial charge is 0.358 e. The Kier molecular flexibility index (Phi) is 4.96. The van der Waals surface area contributed by atoms with Crippen molar-refractivity contribution in [3.8, 4) is 0 Å². The van der Waals surface area contributed by atoms with E-state index in [1.54, 1.807) is 17.9 Å². The van der Waals surface area contributed by atoms with Crippen LogP contribution in [0, 0.1) is 14.8 Å². The largest absolute Gasteiger partial charge is 0.396 e. The Morgan fingerprint density at radius 3 is 2.59 bits per heavy atom. The monoisotopic (exact) mass is 429 g/mol. The van der Waals surface area contributed by atoms with Gasteiger partial charge in [-0.2, -0.15) is 0 Å². The van der Waals surface area contributed by atoms with Crippen LogP contribution in [-0.2, 0) is 7.05 Å². The average Bonchev–Trinajstić information content (AvgIpc) is 3.43. The second kappa shape index (κ2) is 7.72. The van der Waals surface area contributed by atoms with Gasteiger partial charge in [-0.3, -0.25) is 0 Å². The molecule has 0 aliphatic rings. The van der Waals surface area contributed by atoms with Gasteiger partial charge in [-0.25, -0.2) is 24.9 Å². The summed E-state index contributed by atoms with van der Waals surface area (Å²) in [7, 11) is 1.69. The van der Waals surface area contributed by atoms with E-state index < -0.39 is 4.92 Å². The van der Waals surface area contributed by atoms with Crippen LogP contribution >= 0.6 is 24.0 Å². The number of aromatic nitrogens is 10. The van der Waals surface area contributed by atoms with Crippen LogP contribution in [0.4, 0.5) is 5.82 Å². The SMILES string of the molecule is Cn1cnc([N+](=O)[O-])c1Sc1ncnc2nc[nH]c12.S=c1nc[nH]c2nc[nH]c12. The first-order valence-electron chi connectivity index (χ1n) is 7.89. The lowest BCUT2D eigenvalue weighted by molar-refractivity contribution is -0.392. The van der Waals surface area contributed by atoms with Gasteiger partial charge in [0.05, 0.1) is 19.0 Å². The summed E-state index contributed by atoms with van der Waals surface area (Å²) in [6, 6.07) is 0. The molecule has 29 heavy (non-hydrogen) atoms. The van der Waals surface area contributed by atoms with Gasteiger partial charge < -0.3 is 29.6 Å². The molecule has 146 valence electrons. The lowest BCUT2D eigenvalue weighted by Gasteiger charge is -2.01. The van der Waals surface area contributed by atoms with Crippen LogP contribution in [0.3, 0.4) is 0 Å². The summed E-state index contributed by atoms with van der Waals surface area (Å²) in [5, 5.41) is 11.9. The number of hydrogen-bond acceptors (Lipinski definition) is 10. The maximum atomic E-state index is 10.9. The van der Waals surface area contributed by atoms with Crippen molar-refractivity contribution in [2.24, 2.45) is 7.05 Å². The van der Waals surface area contributed by atoms with Gasteiger partial charge in [-0.05, 0) is 21.7 Å². The van der Waals surface area contributed by atoms with Gasteiger partial charge in [0.25, 0.3) is 0 Å². The molecule has 5 aromatic heterocycles. The number of hydrogen-bond donors (Lipinski definition) is 3. The minimum Gasteiger partial charge on any atom is -0.358 e. The van der Waals surface area contributed by atoms with Crippen LogP contribution in [0.5, 0.6) is 0 Å². The third kappa shape index (κ3) is 3.67. The molecule has 0 aromatic carbocycles. The first kappa shape index (κ1) is 18.6. The lowest BCUT2D eigenvalue weighted by atomic mass is 10.6. The molecule has 0 unspecified atom stereocenters. The summed E-state index contributed by atoms with van der Waals surface area (Å²) >= 11 is 6.05. The molecule has 15 heteroatoms. The maximum absolute atomic E-state index is 10.9. The molecule has 0 amide bonds. The van der Waals surface area contributed by atoms with Crippen LogP contribution in [-0.4, -0.2) is 54.3 Å². The van der Waals surface area contributed by atoms with Crippen LogP contribution in [0.25, 0.3) is 22.3 Å². The van der Waals surface area contributed by atoms with Crippen LogP contribution in [0.2, 0.25) is 0 Å². The normalized spacial score (nSPS) is 10.8. The fraction of sp³-hybridized carbons (Fsp3) is 0.0714. The van der Waals surface area contributed by atoms with E-state index in [-0.39, 0.29) is 5.82 Å². The predicted molar refractivity (Wildman–Crippen MR) is 105 cm³/mol. The fourth-order valence-electron chi connectivity index (χ4n) is 2.34. The molecule has 13 nitrogen and oxygen atoms in total. The van der Waals surface area contributed by atoms with Crippen molar-refractivity contribution in [1.29, 1.82) is 0 Å². The summed E-state index contributed by atoms with van der Waals surface area (Å²) in [5.41, 5.74) is 2.70. The number of rotatable bonds is 3. The molecule has 5 heterocycles. The molecule has 5 aromatic rings. The third-order valence-electron chi connectivity index (χ3n) is 3.66. The van der Waals surface area contributed by atoms with Gasteiger partial charge in [0.15, 0.2) is 21.0 Å². The van der Waals surface area contributed by atoms with E-state index in [9.17, 15) is 10.1 Å². The highest BCUT2D eigenvalue weighted by Crippen LogP contribution is 2.34. The standard InChI is InChI=1S/C9H7N7O2S.C5H4N4S/c1-15-4-14-7(16(17)18)9(15)19-8-5-6(11-2-10-5)12-3-13-8;10-5-3-4(7-1-6-3)8-2-9-5/h2-4H,1H3,(H,10,11,12,13);1-2H,(H2,6,7,8,9,10). The van der Waals surface area contributed by atoms with Crippen molar-refractivity contribution < 1.29 is 4.92 Å². The van der Waals surface area contributed by atoms with E-state index in [0.717, 1.165) is 22.9 Å². The lowest BCUT2D eigenvalue weighted by Crippen LogP contribution is -1.95. The van der Waals surface area contributed by atoms with E-state index >= 15 is 0 Å². The first-order chi connectivity index (χ1) is 14.0. The van der Waals surface area contributed by atoms with Crippen LogP contribution < -0.4 is 0 Å². The van der Waals surface area contributed by atoms with Crippen molar-refractivity contribution in [3.63, 3.8) is 0 Å². The highest BCUT2D eigenvalue weighted by atomic mass is 32.2. The van der Waals surface area contributed by atoms with E-state index in [0.29, 0.717) is 25.9 Å². The molecule has 0 aliphatic heterocycles. The Morgan fingerprint density at radius 1 is 1.03 bits per heavy atom. The Hall–Kier alpha value is -3.72. The van der Waals surface area contributed by atoms with Gasteiger partial charge in [0.1, 0.15) is 22.4 Å². The quantitative estimate of drug-likeness (QED) is 0.167. The minimum absolute atomic E-state index is 0.196. The molecule has 3 N–H and O–H groups in total. The van der Waals surface area contributed by atoms with Crippen molar-refractivity contribution in [2.45, 2.75) is 10.1 Å². The van der Waals surface area contributed by atoms with Crippen molar-refractivity contribution in [1.82, 2.24) is 49.4 Å². The van der Waals surface area contributed by atoms with Crippen LogP contribution in [0.1, 0.15) is 0 Å². The molecule has 0 radical (unpaired) electrons. The van der Waals surface area contributed by atoms with Gasteiger partial charge in [-0.15, -0.1) is 0 Å². The van der Waals surface area contributed by atoms with E-state index in [1.165, 1.54) is 25.3 Å². The van der Waals surface area contributed by atoms with Crippen molar-refractivity contribution in [3.05, 3.63) is 46.4 Å². The number of H-pyrrole nitrogens is 3. The predicted octanol–water partition coefficient (Wildman–Crippen LogP) is 2.16. The summed E-state index contributed by atoms with van der Waals surface area (Å²) in [4.78, 5) is 42.7. The number of nitro groups is 1. The Bertz CT molecular complexity index is 1370. The number of aromatic amines is 3. The maximum Gasteiger partial charge on any atom is 0.396 e. The van der Waals surface area contributed by atoms with Crippen molar-refractivity contribution in [2.75, 3.05) is 0 Å². The van der Waals surface area contributed by atoms with Gasteiger partial charge >= 0.3 is 5.82 Å². The van der Waals surface area contributed by atoms with E-state index in [2.05, 4.69) is 44.9 Å². The number of fused-ring (bicyclic) bond motifs is 2. The summed E-state index contributed by atoms with van der Waals surface area (Å²) < 4.78 is 2.12. The number of nitrogens with one attached hydrogen (secondary N) is 3. The zero-order chi connectivity index (χ0) is 20.4. The molecule has 0 saturated carbocycles. The minimum atomic E-state index is -0.520. The fourth-order valence-corrected chi connectivity index (χ4v) is 3.50. The van der Waals surface area contributed by atoms with Gasteiger partial charge in [0.2, 0.25) is 6.33 Å². The third-order valence-corrected chi connectivity index (χ3v) is 5.13. The number of nitrogens with zero attached hydrogens (tertiary/aromatic N) is 8. The highest BCUT2D eigenvalue weighted by molar-refractivity contribution is 7.99. The van der Waals surface area contributed by atoms with Crippen molar-refractivity contribution >= 4 is 52.1 Å². The molecule has 0 spiro atoms. The van der Waals surface area contributed by atoms with Gasteiger partial charge in [-0.1, -0.05) is 12.2 Å². The summed E-state index contributed by atoms with van der Waals surface area (Å²) in [6.07, 6.45) is 7.38. The average molecular weight is 429 g/mol. The summed E-state index contributed by atoms with van der Waals surface area (Å²) in [5.74, 6) is -0.196. The zero-order valence-electron chi connectivity index (χ0n) is 14.6. The van der Waals surface area contributed by atoms with Gasteiger partial charge in [0, 0.05) is 7.05 Å². The molecule has 5 rings (SSSR count). The Balaban J connectivity index is 0.000000171. The second-order valence-electron chi connectivity index (χ2n) is 5.46. The summed E-state index contributed by atoms with van der Waals surface area (Å²) in [6.45, 7) is 0. The molecular formula is C14H11N11O2S2.